The lowest BCUT2D eigenvalue weighted by atomic mass is 10.0. The lowest BCUT2D eigenvalue weighted by Gasteiger charge is -2.23. The Labute approximate surface area is 142 Å². The molecule has 5 rings (SSSR count). The Morgan fingerprint density at radius 1 is 1.04 bits per heavy atom. The highest BCUT2D eigenvalue weighted by Crippen LogP contribution is 2.38. The smallest absolute Gasteiger partial charge is 0.222 e. The predicted octanol–water partition coefficient (Wildman–Crippen LogP) is 1.87. The highest BCUT2D eigenvalue weighted by molar-refractivity contribution is 5.74. The first-order valence-corrected chi connectivity index (χ1v) is 9.00. The number of nitrogens with one attached hydrogen (secondary N) is 1. The first-order valence-electron chi connectivity index (χ1n) is 9.00. The zero-order valence-corrected chi connectivity index (χ0v) is 13.8. The summed E-state index contributed by atoms with van der Waals surface area (Å²) in [5.41, 5.74) is 11.1. The standard InChI is InChI=1S/C19H23N5/c20-19-22-17-15-6-2-1-4-12(15)5-3-7-16(17)18(23-19)24-10-13-8-21-9-14(13)11-24/h1-2,4,6,13-14,21H,3,5,7-11H2,(H2,20,22,23). The first kappa shape index (κ1) is 14.2. The zero-order chi connectivity index (χ0) is 16.1. The van der Waals surface area contributed by atoms with E-state index in [0.29, 0.717) is 5.95 Å². The van der Waals surface area contributed by atoms with E-state index in [1.165, 1.54) is 16.7 Å². The second-order valence-electron chi connectivity index (χ2n) is 7.33. The normalized spacial score (nSPS) is 25.1. The van der Waals surface area contributed by atoms with Gasteiger partial charge in [0.15, 0.2) is 0 Å². The fourth-order valence-electron chi connectivity index (χ4n) is 4.66. The van der Waals surface area contributed by atoms with E-state index in [9.17, 15) is 0 Å². The maximum atomic E-state index is 6.11. The van der Waals surface area contributed by atoms with Gasteiger partial charge in [0.2, 0.25) is 5.95 Å². The van der Waals surface area contributed by atoms with Crippen LogP contribution in [0.3, 0.4) is 0 Å². The van der Waals surface area contributed by atoms with Gasteiger partial charge in [0.25, 0.3) is 0 Å². The minimum atomic E-state index is 0.399. The first-order chi connectivity index (χ1) is 11.8. The fraction of sp³-hybridized carbons (Fsp3) is 0.474. The zero-order valence-electron chi connectivity index (χ0n) is 13.8. The summed E-state index contributed by atoms with van der Waals surface area (Å²) in [5.74, 6) is 2.98. The molecule has 3 aliphatic rings. The summed E-state index contributed by atoms with van der Waals surface area (Å²) in [6.07, 6.45) is 3.28. The molecule has 1 aromatic carbocycles. The van der Waals surface area contributed by atoms with Crippen molar-refractivity contribution in [1.29, 1.82) is 0 Å². The number of fused-ring (bicyclic) bond motifs is 4. The highest BCUT2D eigenvalue weighted by atomic mass is 15.2. The Morgan fingerprint density at radius 3 is 2.67 bits per heavy atom. The van der Waals surface area contributed by atoms with Gasteiger partial charge in [0.1, 0.15) is 5.82 Å². The van der Waals surface area contributed by atoms with Crippen LogP contribution in [0.25, 0.3) is 11.3 Å². The highest BCUT2D eigenvalue weighted by Gasteiger charge is 2.38. The Balaban J connectivity index is 1.62. The Kier molecular flexibility index (Phi) is 3.23. The van der Waals surface area contributed by atoms with E-state index >= 15 is 0 Å². The monoisotopic (exact) mass is 321 g/mol. The third-order valence-electron chi connectivity index (χ3n) is 5.84. The molecule has 0 amide bonds. The van der Waals surface area contributed by atoms with Gasteiger partial charge in [-0.15, -0.1) is 0 Å². The molecule has 2 saturated heterocycles. The maximum absolute atomic E-state index is 6.11. The molecule has 2 atom stereocenters. The number of benzene rings is 1. The van der Waals surface area contributed by atoms with E-state index in [2.05, 4.69) is 44.5 Å². The van der Waals surface area contributed by atoms with Gasteiger partial charge in [0, 0.05) is 37.3 Å². The molecule has 0 radical (unpaired) electrons. The molecule has 5 heteroatoms. The van der Waals surface area contributed by atoms with Crippen LogP contribution < -0.4 is 16.0 Å². The molecule has 1 aromatic heterocycles. The summed E-state index contributed by atoms with van der Waals surface area (Å²) in [5, 5.41) is 3.51. The molecule has 2 aromatic rings. The number of rotatable bonds is 1. The fourth-order valence-corrected chi connectivity index (χ4v) is 4.66. The van der Waals surface area contributed by atoms with Crippen molar-refractivity contribution in [1.82, 2.24) is 15.3 Å². The van der Waals surface area contributed by atoms with Crippen LogP contribution in [0.1, 0.15) is 17.5 Å². The molecular formula is C19H23N5. The number of hydrogen-bond acceptors (Lipinski definition) is 5. The lowest BCUT2D eigenvalue weighted by Crippen LogP contribution is -2.28. The summed E-state index contributed by atoms with van der Waals surface area (Å²) in [4.78, 5) is 11.8. The average molecular weight is 321 g/mol. The molecular weight excluding hydrogens is 298 g/mol. The minimum absolute atomic E-state index is 0.399. The van der Waals surface area contributed by atoms with E-state index in [4.69, 9.17) is 5.73 Å². The van der Waals surface area contributed by atoms with Crippen LogP contribution in [0.4, 0.5) is 11.8 Å². The quantitative estimate of drug-likeness (QED) is 0.839. The van der Waals surface area contributed by atoms with Crippen molar-refractivity contribution in [2.75, 3.05) is 36.8 Å². The van der Waals surface area contributed by atoms with Crippen LogP contribution in [-0.2, 0) is 12.8 Å². The lowest BCUT2D eigenvalue weighted by molar-refractivity contribution is 0.533. The van der Waals surface area contributed by atoms with E-state index < -0.39 is 0 Å². The molecule has 3 N–H and O–H groups in total. The summed E-state index contributed by atoms with van der Waals surface area (Å²) < 4.78 is 0. The van der Waals surface area contributed by atoms with Crippen molar-refractivity contribution in [2.24, 2.45) is 11.8 Å². The van der Waals surface area contributed by atoms with Crippen molar-refractivity contribution in [3.05, 3.63) is 35.4 Å². The molecule has 0 bridgehead atoms. The number of aryl methyl sites for hydroxylation is 1. The van der Waals surface area contributed by atoms with Gasteiger partial charge < -0.3 is 16.0 Å². The molecule has 24 heavy (non-hydrogen) atoms. The number of nitrogen functional groups attached to an aromatic ring is 1. The summed E-state index contributed by atoms with van der Waals surface area (Å²) >= 11 is 0. The molecule has 3 heterocycles. The van der Waals surface area contributed by atoms with Gasteiger partial charge in [-0.25, -0.2) is 4.98 Å². The minimum Gasteiger partial charge on any atom is -0.368 e. The molecule has 0 spiro atoms. The van der Waals surface area contributed by atoms with Gasteiger partial charge in [-0.3, -0.25) is 0 Å². The van der Waals surface area contributed by atoms with E-state index in [1.54, 1.807) is 0 Å². The molecule has 5 nitrogen and oxygen atoms in total. The largest absolute Gasteiger partial charge is 0.368 e. The topological polar surface area (TPSA) is 67.1 Å². The van der Waals surface area contributed by atoms with Gasteiger partial charge in [-0.05, 0) is 36.7 Å². The third kappa shape index (κ3) is 2.18. The number of anilines is 2. The second kappa shape index (κ2) is 5.45. The second-order valence-corrected chi connectivity index (χ2v) is 7.33. The van der Waals surface area contributed by atoms with Gasteiger partial charge in [-0.1, -0.05) is 24.3 Å². The molecule has 2 fully saturated rings. The average Bonchev–Trinajstić information content (AvgIpc) is 3.13. The van der Waals surface area contributed by atoms with Crippen LogP contribution in [0.2, 0.25) is 0 Å². The van der Waals surface area contributed by atoms with Gasteiger partial charge >= 0.3 is 0 Å². The molecule has 124 valence electrons. The van der Waals surface area contributed by atoms with Crippen molar-refractivity contribution >= 4 is 11.8 Å². The predicted molar refractivity (Wildman–Crippen MR) is 96.0 cm³/mol. The molecule has 2 aliphatic heterocycles. The molecule has 2 unspecified atom stereocenters. The number of nitrogens with zero attached hydrogens (tertiary/aromatic N) is 3. The Bertz CT molecular complexity index is 775. The Morgan fingerprint density at radius 2 is 1.83 bits per heavy atom. The number of hydrogen-bond donors (Lipinski definition) is 2. The van der Waals surface area contributed by atoms with Gasteiger partial charge in [-0.2, -0.15) is 4.98 Å². The van der Waals surface area contributed by atoms with E-state index in [1.807, 2.05) is 0 Å². The van der Waals surface area contributed by atoms with Crippen molar-refractivity contribution in [2.45, 2.75) is 19.3 Å². The summed E-state index contributed by atoms with van der Waals surface area (Å²) in [7, 11) is 0. The van der Waals surface area contributed by atoms with E-state index in [-0.39, 0.29) is 0 Å². The summed E-state index contributed by atoms with van der Waals surface area (Å²) in [6.45, 7) is 4.43. The maximum Gasteiger partial charge on any atom is 0.222 e. The molecule has 1 aliphatic carbocycles. The van der Waals surface area contributed by atoms with Crippen LogP contribution in [-0.4, -0.2) is 36.1 Å². The number of aromatic nitrogens is 2. The van der Waals surface area contributed by atoms with Crippen molar-refractivity contribution < 1.29 is 0 Å². The van der Waals surface area contributed by atoms with Crippen molar-refractivity contribution in [3.63, 3.8) is 0 Å². The van der Waals surface area contributed by atoms with E-state index in [0.717, 1.165) is 68.8 Å². The van der Waals surface area contributed by atoms with Gasteiger partial charge in [0.05, 0.1) is 5.69 Å². The van der Waals surface area contributed by atoms with Crippen LogP contribution in [0, 0.1) is 11.8 Å². The third-order valence-corrected chi connectivity index (χ3v) is 5.84. The van der Waals surface area contributed by atoms with Crippen LogP contribution in [0.5, 0.6) is 0 Å². The molecule has 0 saturated carbocycles. The summed E-state index contributed by atoms with van der Waals surface area (Å²) in [6, 6.07) is 8.61. The van der Waals surface area contributed by atoms with Crippen LogP contribution >= 0.6 is 0 Å². The van der Waals surface area contributed by atoms with Crippen LogP contribution in [0.15, 0.2) is 24.3 Å². The number of nitrogens with two attached hydrogens (primary N) is 1. The SMILES string of the molecule is Nc1nc2c(c(N3CC4CNCC4C3)n1)CCCc1ccccc1-2. The Hall–Kier alpha value is -2.14. The van der Waals surface area contributed by atoms with Crippen molar-refractivity contribution in [3.8, 4) is 11.3 Å².